The summed E-state index contributed by atoms with van der Waals surface area (Å²) in [6, 6.07) is 7.48. The maximum Gasteiger partial charge on any atom is 0.338 e. The van der Waals surface area contributed by atoms with Gasteiger partial charge in [0.05, 0.1) is 5.56 Å². The molecule has 0 spiro atoms. The normalized spacial score (nSPS) is 21.7. The van der Waals surface area contributed by atoms with Crippen molar-refractivity contribution in [3.05, 3.63) is 59.2 Å². The Bertz CT molecular complexity index is 1470. The lowest BCUT2D eigenvalue weighted by Crippen LogP contribution is -2.60. The van der Waals surface area contributed by atoms with Gasteiger partial charge in [0.15, 0.2) is 34.5 Å². The minimum absolute atomic E-state index is 0.104. The Morgan fingerprint density at radius 2 is 1.35 bits per heavy atom. The molecule has 0 radical (unpaired) electrons. The Kier molecular flexibility index (Phi) is 9.01. The molecule has 5 atom stereocenters. The zero-order chi connectivity index (χ0) is 31.6. The molecular weight excluding hydrogens is 576 g/mol. The topological polar surface area (TPSA) is 264 Å². The summed E-state index contributed by atoms with van der Waals surface area (Å²) < 4.78 is 15.9. The number of rotatable bonds is 9. The summed E-state index contributed by atoms with van der Waals surface area (Å²) in [7, 11) is 0. The Hall–Kier alpha value is -4.96. The largest absolute Gasteiger partial charge is 0.507 e. The smallest absolute Gasteiger partial charge is 0.338 e. The second kappa shape index (κ2) is 12.5. The lowest BCUT2D eigenvalue weighted by molar-refractivity contribution is -0.277. The summed E-state index contributed by atoms with van der Waals surface area (Å²) in [6.07, 6.45) is -8.80. The monoisotopic (exact) mass is 604 g/mol. The number of aryl methyl sites for hydroxylation is 1. The first-order valence-electron chi connectivity index (χ1n) is 12.6. The van der Waals surface area contributed by atoms with Crippen molar-refractivity contribution in [2.75, 3.05) is 6.61 Å². The molecule has 5 unspecified atom stereocenters. The van der Waals surface area contributed by atoms with Crippen LogP contribution in [-0.2, 0) is 15.9 Å². The first-order chi connectivity index (χ1) is 20.3. The summed E-state index contributed by atoms with van der Waals surface area (Å²) in [5.74, 6) is -6.64. The third kappa shape index (κ3) is 6.76. The van der Waals surface area contributed by atoms with E-state index < -0.39 is 83.4 Å². The quantitative estimate of drug-likeness (QED) is 0.0904. The molecule has 10 N–H and O–H groups in total. The van der Waals surface area contributed by atoms with Crippen molar-refractivity contribution in [1.82, 2.24) is 0 Å². The molecule has 43 heavy (non-hydrogen) atoms. The van der Waals surface area contributed by atoms with E-state index in [1.807, 2.05) is 0 Å². The van der Waals surface area contributed by atoms with E-state index in [1.54, 1.807) is 0 Å². The van der Waals surface area contributed by atoms with E-state index in [9.17, 15) is 60.7 Å². The van der Waals surface area contributed by atoms with Crippen LogP contribution in [0.2, 0.25) is 0 Å². The third-order valence-corrected chi connectivity index (χ3v) is 6.63. The van der Waals surface area contributed by atoms with Crippen LogP contribution in [0.1, 0.15) is 32.7 Å². The van der Waals surface area contributed by atoms with E-state index in [2.05, 4.69) is 0 Å². The van der Waals surface area contributed by atoms with Gasteiger partial charge in [-0.1, -0.05) is 6.07 Å². The number of benzene rings is 3. The molecule has 0 aliphatic carbocycles. The molecule has 1 saturated heterocycles. The van der Waals surface area contributed by atoms with Gasteiger partial charge in [0.1, 0.15) is 53.8 Å². The lowest BCUT2D eigenvalue weighted by atomic mass is 9.99. The highest BCUT2D eigenvalue weighted by Crippen LogP contribution is 2.37. The average Bonchev–Trinajstić information content (AvgIpc) is 2.95. The Labute approximate surface area is 242 Å². The number of hydrogen-bond acceptors (Lipinski definition) is 15. The summed E-state index contributed by atoms with van der Waals surface area (Å²) >= 11 is 0. The molecule has 1 heterocycles. The Morgan fingerprint density at radius 1 is 0.721 bits per heavy atom. The highest BCUT2D eigenvalue weighted by atomic mass is 16.7. The molecule has 3 aromatic rings. The molecule has 15 heteroatoms. The van der Waals surface area contributed by atoms with E-state index in [4.69, 9.17) is 14.2 Å². The van der Waals surface area contributed by atoms with Gasteiger partial charge in [-0.05, 0) is 36.2 Å². The van der Waals surface area contributed by atoms with Gasteiger partial charge in [0.25, 0.3) is 0 Å². The van der Waals surface area contributed by atoms with Crippen LogP contribution in [0.15, 0.2) is 42.5 Å². The van der Waals surface area contributed by atoms with Crippen LogP contribution in [-0.4, -0.2) is 100 Å². The van der Waals surface area contributed by atoms with E-state index in [1.165, 1.54) is 18.2 Å². The van der Waals surface area contributed by atoms with Crippen molar-refractivity contribution in [2.45, 2.75) is 43.5 Å². The minimum Gasteiger partial charge on any atom is -0.507 e. The van der Waals surface area contributed by atoms with Gasteiger partial charge < -0.3 is 65.3 Å². The first-order valence-corrected chi connectivity index (χ1v) is 12.6. The molecule has 3 aromatic carbocycles. The highest BCUT2D eigenvalue weighted by Gasteiger charge is 2.45. The van der Waals surface area contributed by atoms with Crippen LogP contribution in [0, 0.1) is 0 Å². The molecular formula is C28H28O15. The number of aliphatic hydroxyl groups is 3. The van der Waals surface area contributed by atoms with Crippen molar-refractivity contribution in [2.24, 2.45) is 0 Å². The maximum absolute atomic E-state index is 12.7. The lowest BCUT2D eigenvalue weighted by Gasteiger charge is -2.39. The Morgan fingerprint density at radius 3 is 1.95 bits per heavy atom. The van der Waals surface area contributed by atoms with Crippen molar-refractivity contribution >= 4 is 11.8 Å². The van der Waals surface area contributed by atoms with Crippen LogP contribution in [0.4, 0.5) is 0 Å². The van der Waals surface area contributed by atoms with Gasteiger partial charge in [-0.25, -0.2) is 4.79 Å². The van der Waals surface area contributed by atoms with Crippen molar-refractivity contribution in [1.29, 1.82) is 0 Å². The van der Waals surface area contributed by atoms with Crippen LogP contribution >= 0.6 is 0 Å². The van der Waals surface area contributed by atoms with E-state index in [0.29, 0.717) is 5.56 Å². The number of hydrogen-bond donors (Lipinski definition) is 10. The summed E-state index contributed by atoms with van der Waals surface area (Å²) in [5, 5.41) is 99.4. The molecule has 230 valence electrons. The van der Waals surface area contributed by atoms with Gasteiger partial charge >= 0.3 is 5.97 Å². The number of ketones is 1. The summed E-state index contributed by atoms with van der Waals surface area (Å²) in [5.41, 5.74) is -0.299. The first kappa shape index (κ1) is 31.0. The molecule has 1 aliphatic heterocycles. The molecule has 0 saturated carbocycles. The van der Waals surface area contributed by atoms with Gasteiger partial charge in [-0.2, -0.15) is 0 Å². The van der Waals surface area contributed by atoms with E-state index >= 15 is 0 Å². The zero-order valence-corrected chi connectivity index (χ0v) is 22.1. The van der Waals surface area contributed by atoms with Crippen LogP contribution in [0.25, 0.3) is 0 Å². The number of Topliss-reactive ketones (excluding diaryl/α,β-unsaturated/α-hetero) is 1. The number of carbonyl (C=O) groups excluding carboxylic acids is 2. The third-order valence-electron chi connectivity index (χ3n) is 6.63. The molecule has 1 aliphatic rings. The molecule has 4 rings (SSSR count). The maximum atomic E-state index is 12.7. The van der Waals surface area contributed by atoms with Gasteiger partial charge in [-0.3, -0.25) is 4.79 Å². The Balaban J connectivity index is 1.42. The van der Waals surface area contributed by atoms with Gasteiger partial charge in [-0.15, -0.1) is 0 Å². The SMILES string of the molecule is O=C(OCC1OC(Oc2cc(O)c(C(=O)CCc3ccc(O)c(O)c3)c(O)c2)C(O)C(O)C1O)c1cc(O)c(O)c(O)c1. The van der Waals surface area contributed by atoms with Crippen molar-refractivity contribution < 1.29 is 74.9 Å². The predicted octanol–water partition coefficient (Wildman–Crippen LogP) is 0.485. The van der Waals surface area contributed by atoms with Gasteiger partial charge in [0.2, 0.25) is 6.29 Å². The second-order valence-electron chi connectivity index (χ2n) is 9.68. The highest BCUT2D eigenvalue weighted by molar-refractivity contribution is 6.01. The standard InChI is InChI=1S/C28H28O15/c29-14-3-1-11(5-16(14)31)2-4-15(30)22-17(32)8-13(9-18(22)33)42-28-26(39)25(38)24(37)21(43-28)10-41-27(40)12-6-19(34)23(36)20(35)7-12/h1,3,5-9,21,24-26,28-29,31-39H,2,4,10H2. The zero-order valence-electron chi connectivity index (χ0n) is 22.1. The van der Waals surface area contributed by atoms with Crippen LogP contribution in [0.5, 0.6) is 46.0 Å². The summed E-state index contributed by atoms with van der Waals surface area (Å²) in [4.78, 5) is 25.0. The predicted molar refractivity (Wildman–Crippen MR) is 141 cm³/mol. The number of phenolic OH excluding ortho intramolecular Hbond substituents is 7. The molecule has 0 aromatic heterocycles. The fourth-order valence-corrected chi connectivity index (χ4v) is 4.30. The molecule has 0 amide bonds. The van der Waals surface area contributed by atoms with Crippen molar-refractivity contribution in [3.63, 3.8) is 0 Å². The fourth-order valence-electron chi connectivity index (χ4n) is 4.30. The van der Waals surface area contributed by atoms with E-state index in [0.717, 1.165) is 24.3 Å². The van der Waals surface area contributed by atoms with Crippen LogP contribution in [0.3, 0.4) is 0 Å². The molecule has 0 bridgehead atoms. The molecule has 15 nitrogen and oxygen atoms in total. The number of aliphatic hydroxyl groups excluding tert-OH is 3. The van der Waals surface area contributed by atoms with Crippen LogP contribution < -0.4 is 4.74 Å². The number of carbonyl (C=O) groups is 2. The number of phenols is 7. The second-order valence-corrected chi connectivity index (χ2v) is 9.68. The number of esters is 1. The molecule has 1 fully saturated rings. The van der Waals surface area contributed by atoms with Crippen molar-refractivity contribution in [3.8, 4) is 46.0 Å². The summed E-state index contributed by atoms with van der Waals surface area (Å²) in [6.45, 7) is -0.714. The number of ether oxygens (including phenoxy) is 3. The minimum atomic E-state index is -1.87. The number of aromatic hydroxyl groups is 7. The average molecular weight is 605 g/mol. The fraction of sp³-hybridized carbons (Fsp3) is 0.286. The van der Waals surface area contributed by atoms with E-state index in [-0.39, 0.29) is 35.7 Å². The van der Waals surface area contributed by atoms with Gasteiger partial charge in [0, 0.05) is 18.6 Å².